The maximum Gasteiger partial charge on any atom is 0.241 e. The Labute approximate surface area is 172 Å². The van der Waals surface area contributed by atoms with Crippen LogP contribution < -0.4 is 16.0 Å². The largest absolute Gasteiger partial charge is 0.357 e. The average Bonchev–Trinajstić information content (AvgIpc) is 3.36. The van der Waals surface area contributed by atoms with E-state index in [1.54, 1.807) is 0 Å². The summed E-state index contributed by atoms with van der Waals surface area (Å²) in [6, 6.07) is 10.5. The second-order valence-electron chi connectivity index (χ2n) is 6.00. The number of aliphatic imine (C=N–C) groups is 1. The minimum Gasteiger partial charge on any atom is -0.357 e. The molecule has 1 fully saturated rings. The fraction of sp³-hybridized carbons (Fsp3) is 0.556. The molecule has 2 rings (SSSR count). The van der Waals surface area contributed by atoms with Crippen LogP contribution >= 0.6 is 35.7 Å². The van der Waals surface area contributed by atoms with Gasteiger partial charge in [0.15, 0.2) is 5.96 Å². The van der Waals surface area contributed by atoms with Crippen LogP contribution in [0.1, 0.15) is 33.1 Å². The lowest BCUT2D eigenvalue weighted by Crippen LogP contribution is -2.42. The van der Waals surface area contributed by atoms with Crippen LogP contribution in [-0.2, 0) is 4.79 Å². The molecule has 1 aromatic rings. The van der Waals surface area contributed by atoms with Crippen molar-refractivity contribution in [2.24, 2.45) is 4.99 Å². The number of hydrogen-bond acceptors (Lipinski definition) is 3. The fourth-order valence-electron chi connectivity index (χ4n) is 2.25. The third-order valence-corrected chi connectivity index (χ3v) is 5.25. The van der Waals surface area contributed by atoms with E-state index in [0.29, 0.717) is 12.5 Å². The van der Waals surface area contributed by atoms with E-state index in [2.05, 4.69) is 45.2 Å². The van der Waals surface area contributed by atoms with Gasteiger partial charge in [0.05, 0.1) is 0 Å². The normalized spacial score (nSPS) is 15.0. The van der Waals surface area contributed by atoms with Crippen molar-refractivity contribution in [1.29, 1.82) is 0 Å². The number of carbonyl (C=O) groups is 1. The molecule has 3 N–H and O–H groups in total. The molecular formula is C18H29IN4OS. The van der Waals surface area contributed by atoms with Crippen LogP contribution in [0.5, 0.6) is 0 Å². The van der Waals surface area contributed by atoms with Crippen LogP contribution in [0.15, 0.2) is 40.2 Å². The van der Waals surface area contributed by atoms with Crippen molar-refractivity contribution in [3.63, 3.8) is 0 Å². The molecule has 0 aliphatic heterocycles. The topological polar surface area (TPSA) is 65.5 Å². The molecular weight excluding hydrogens is 447 g/mol. The zero-order valence-electron chi connectivity index (χ0n) is 15.0. The third kappa shape index (κ3) is 8.31. The van der Waals surface area contributed by atoms with Crippen LogP contribution in [0, 0.1) is 0 Å². The molecule has 5 nitrogen and oxygen atoms in total. The molecule has 1 aliphatic rings. The lowest BCUT2D eigenvalue weighted by molar-refractivity contribution is -0.119. The molecule has 7 heteroatoms. The summed E-state index contributed by atoms with van der Waals surface area (Å²) in [5.41, 5.74) is 0. The quantitative estimate of drug-likeness (QED) is 0.291. The van der Waals surface area contributed by atoms with Gasteiger partial charge in [-0.25, -0.2) is 4.99 Å². The van der Waals surface area contributed by atoms with Crippen LogP contribution in [0.2, 0.25) is 0 Å². The Kier molecular flexibility index (Phi) is 10.3. The second kappa shape index (κ2) is 11.6. The maximum absolute atomic E-state index is 11.7. The average molecular weight is 476 g/mol. The highest BCUT2D eigenvalue weighted by Crippen LogP contribution is 2.51. The third-order valence-electron chi connectivity index (χ3n) is 3.76. The van der Waals surface area contributed by atoms with Crippen molar-refractivity contribution in [2.45, 2.75) is 42.8 Å². The van der Waals surface area contributed by atoms with E-state index in [0.717, 1.165) is 19.5 Å². The maximum atomic E-state index is 11.7. The molecule has 0 spiro atoms. The number of thioether (sulfide) groups is 1. The van der Waals surface area contributed by atoms with E-state index in [1.807, 2.05) is 31.7 Å². The smallest absolute Gasteiger partial charge is 0.241 e. The molecule has 1 aliphatic carbocycles. The Bertz CT molecular complexity index is 549. The van der Waals surface area contributed by atoms with E-state index >= 15 is 0 Å². The van der Waals surface area contributed by atoms with Crippen molar-refractivity contribution >= 4 is 47.6 Å². The van der Waals surface area contributed by atoms with Gasteiger partial charge in [0.25, 0.3) is 0 Å². The zero-order valence-corrected chi connectivity index (χ0v) is 18.2. The molecule has 0 radical (unpaired) electrons. The van der Waals surface area contributed by atoms with Gasteiger partial charge in [-0.2, -0.15) is 0 Å². The van der Waals surface area contributed by atoms with Gasteiger partial charge in [0, 0.05) is 29.3 Å². The summed E-state index contributed by atoms with van der Waals surface area (Å²) in [6.45, 7) is 6.56. The highest BCUT2D eigenvalue weighted by molar-refractivity contribution is 14.0. The Morgan fingerprint density at radius 1 is 1.16 bits per heavy atom. The minimum atomic E-state index is -0.0335. The second-order valence-corrected chi connectivity index (χ2v) is 7.54. The Hall–Kier alpha value is -0.960. The Morgan fingerprint density at radius 2 is 1.88 bits per heavy atom. The number of guanidine groups is 1. The first-order chi connectivity index (χ1) is 11.7. The van der Waals surface area contributed by atoms with Gasteiger partial charge in [-0.3, -0.25) is 4.79 Å². The fourth-order valence-corrected chi connectivity index (χ4v) is 3.49. The molecule has 1 amide bonds. The summed E-state index contributed by atoms with van der Waals surface area (Å²) in [5, 5.41) is 9.44. The first kappa shape index (κ1) is 22.1. The Balaban J connectivity index is 0.00000312. The van der Waals surface area contributed by atoms with E-state index in [4.69, 9.17) is 0 Å². The van der Waals surface area contributed by atoms with Crippen molar-refractivity contribution in [3.05, 3.63) is 30.3 Å². The van der Waals surface area contributed by atoms with Gasteiger partial charge < -0.3 is 16.0 Å². The zero-order chi connectivity index (χ0) is 17.3. The first-order valence-electron chi connectivity index (χ1n) is 8.70. The van der Waals surface area contributed by atoms with Gasteiger partial charge in [0.1, 0.15) is 6.54 Å². The van der Waals surface area contributed by atoms with E-state index in [-0.39, 0.29) is 41.2 Å². The monoisotopic (exact) mass is 476 g/mol. The number of nitrogens with one attached hydrogen (secondary N) is 3. The highest BCUT2D eigenvalue weighted by Gasteiger charge is 2.43. The number of rotatable bonds is 9. The van der Waals surface area contributed by atoms with Gasteiger partial charge in [-0.1, -0.05) is 25.1 Å². The highest BCUT2D eigenvalue weighted by atomic mass is 127. The van der Waals surface area contributed by atoms with Crippen molar-refractivity contribution in [1.82, 2.24) is 16.0 Å². The predicted molar refractivity (Wildman–Crippen MR) is 117 cm³/mol. The molecule has 0 unspecified atom stereocenters. The molecule has 1 aromatic carbocycles. The van der Waals surface area contributed by atoms with E-state index in [9.17, 15) is 4.79 Å². The number of nitrogens with zero attached hydrogens (tertiary/aromatic N) is 1. The molecule has 140 valence electrons. The summed E-state index contributed by atoms with van der Waals surface area (Å²) >= 11 is 1.93. The summed E-state index contributed by atoms with van der Waals surface area (Å²) in [5.74, 6) is 0.679. The summed E-state index contributed by atoms with van der Waals surface area (Å²) < 4.78 is 0.252. The van der Waals surface area contributed by atoms with Crippen LogP contribution in [0.3, 0.4) is 0 Å². The molecule has 0 atom stereocenters. The van der Waals surface area contributed by atoms with Gasteiger partial charge in [-0.15, -0.1) is 35.7 Å². The standard InChI is InChI=1S/C18H28N4OS.HI/c1-3-12-20-16(23)13-21-17(19-4-2)22-14-18(10-11-18)24-15-8-6-5-7-9-15;/h5-9H,3-4,10-14H2,1-2H3,(H,20,23)(H2,19,21,22);1H. The number of benzene rings is 1. The predicted octanol–water partition coefficient (Wildman–Crippen LogP) is 3.01. The Morgan fingerprint density at radius 3 is 2.48 bits per heavy atom. The summed E-state index contributed by atoms with van der Waals surface area (Å²) in [6.07, 6.45) is 3.35. The lowest BCUT2D eigenvalue weighted by atomic mass is 10.4. The molecule has 0 saturated heterocycles. The van der Waals surface area contributed by atoms with Crippen LogP contribution in [0.25, 0.3) is 0 Å². The molecule has 25 heavy (non-hydrogen) atoms. The molecule has 1 saturated carbocycles. The number of amides is 1. The first-order valence-corrected chi connectivity index (χ1v) is 9.52. The molecule has 0 bridgehead atoms. The van der Waals surface area contributed by atoms with Crippen molar-refractivity contribution in [3.8, 4) is 0 Å². The van der Waals surface area contributed by atoms with Gasteiger partial charge in [0.2, 0.25) is 5.91 Å². The molecule has 0 heterocycles. The van der Waals surface area contributed by atoms with Crippen molar-refractivity contribution < 1.29 is 4.79 Å². The van der Waals surface area contributed by atoms with Crippen LogP contribution in [0.4, 0.5) is 0 Å². The van der Waals surface area contributed by atoms with Gasteiger partial charge in [-0.05, 0) is 38.3 Å². The molecule has 0 aromatic heterocycles. The number of halogens is 1. The summed E-state index contributed by atoms with van der Waals surface area (Å²) in [4.78, 5) is 17.4. The van der Waals surface area contributed by atoms with E-state index in [1.165, 1.54) is 17.7 Å². The minimum absolute atomic E-state index is 0. The lowest BCUT2D eigenvalue weighted by Gasteiger charge is -2.18. The SMILES string of the molecule is CCCNC(=O)CN=C(NCC)NCC1(Sc2ccccc2)CC1.I. The summed E-state index contributed by atoms with van der Waals surface area (Å²) in [7, 11) is 0. The van der Waals surface area contributed by atoms with Crippen LogP contribution in [-0.4, -0.2) is 42.8 Å². The van der Waals surface area contributed by atoms with E-state index < -0.39 is 0 Å². The van der Waals surface area contributed by atoms with Crippen molar-refractivity contribution in [2.75, 3.05) is 26.2 Å². The van der Waals surface area contributed by atoms with Gasteiger partial charge >= 0.3 is 0 Å². The number of hydrogen-bond donors (Lipinski definition) is 3. The number of carbonyl (C=O) groups excluding carboxylic acids is 1.